The third-order valence-corrected chi connectivity index (χ3v) is 3.19. The van der Waals surface area contributed by atoms with Gasteiger partial charge in [0.05, 0.1) is 0 Å². The Hall–Kier alpha value is -1.11. The van der Waals surface area contributed by atoms with Gasteiger partial charge in [0.1, 0.15) is 4.60 Å². The van der Waals surface area contributed by atoms with Crippen molar-refractivity contribution < 1.29 is 18.0 Å². The van der Waals surface area contributed by atoms with E-state index in [1.807, 2.05) is 0 Å². The van der Waals surface area contributed by atoms with Crippen molar-refractivity contribution in [1.82, 2.24) is 9.88 Å². The molecule has 1 heterocycles. The zero-order valence-corrected chi connectivity index (χ0v) is 13.2. The fraction of sp³-hybridized carbons (Fsp3) is 0.538. The molecule has 0 saturated carbocycles. The number of halogens is 4. The first-order valence-electron chi connectivity index (χ1n) is 5.90. The van der Waals surface area contributed by atoms with E-state index in [0.717, 1.165) is 18.1 Å². The van der Waals surface area contributed by atoms with Crippen molar-refractivity contribution in [3.8, 4) is 0 Å². The molecule has 7 heteroatoms. The monoisotopic (exact) mass is 352 g/mol. The molecule has 0 aromatic carbocycles. The minimum absolute atomic E-state index is 0.0687. The van der Waals surface area contributed by atoms with Crippen LogP contribution in [-0.4, -0.2) is 29.0 Å². The quantitative estimate of drug-likeness (QED) is 0.755. The Kier molecular flexibility index (Phi) is 4.84. The molecule has 1 aromatic heterocycles. The van der Waals surface area contributed by atoms with E-state index < -0.39 is 23.5 Å². The van der Waals surface area contributed by atoms with Crippen LogP contribution in [-0.2, 0) is 4.79 Å². The molecule has 0 N–H and O–H groups in total. The molecule has 0 bridgehead atoms. The van der Waals surface area contributed by atoms with Gasteiger partial charge in [0.15, 0.2) is 6.04 Å². The molecule has 0 unspecified atom stereocenters. The number of nitrogens with zero attached hydrogens (tertiary/aromatic N) is 2. The standard InChI is InChI=1S/C13H16BrF3N2O/c1-12(2,3)11(20)19(4)10(13(15,16)17)8-5-6-9(14)18-7-8/h5-7,10H,1-4H3/t10-/m0/s1. The Balaban J connectivity index is 3.21. The molecule has 0 aliphatic rings. The lowest BCUT2D eigenvalue weighted by molar-refractivity contribution is -0.192. The number of carbonyl (C=O) groups is 1. The minimum atomic E-state index is -4.56. The summed E-state index contributed by atoms with van der Waals surface area (Å²) in [6, 6.07) is 0.723. The summed E-state index contributed by atoms with van der Waals surface area (Å²) < 4.78 is 40.3. The highest BCUT2D eigenvalue weighted by Gasteiger charge is 2.46. The maximum absolute atomic E-state index is 13.3. The molecule has 1 rings (SSSR count). The Morgan fingerprint density at radius 3 is 2.20 bits per heavy atom. The van der Waals surface area contributed by atoms with Gasteiger partial charge in [-0.2, -0.15) is 13.2 Å². The zero-order valence-electron chi connectivity index (χ0n) is 11.6. The lowest BCUT2D eigenvalue weighted by atomic mass is 9.93. The van der Waals surface area contributed by atoms with Gasteiger partial charge in [-0.25, -0.2) is 4.98 Å². The first-order chi connectivity index (χ1) is 8.94. The van der Waals surface area contributed by atoms with Crippen LogP contribution in [0.4, 0.5) is 13.2 Å². The van der Waals surface area contributed by atoms with Crippen molar-refractivity contribution in [3.05, 3.63) is 28.5 Å². The van der Waals surface area contributed by atoms with E-state index in [0.29, 0.717) is 4.60 Å². The molecule has 1 atom stereocenters. The fourth-order valence-corrected chi connectivity index (χ4v) is 2.06. The topological polar surface area (TPSA) is 33.2 Å². The number of rotatable bonds is 2. The Labute approximate surface area is 124 Å². The average molecular weight is 353 g/mol. The van der Waals surface area contributed by atoms with Gasteiger partial charge in [-0.15, -0.1) is 0 Å². The summed E-state index contributed by atoms with van der Waals surface area (Å²) in [5.74, 6) is -0.581. The highest BCUT2D eigenvalue weighted by molar-refractivity contribution is 9.10. The molecule has 0 saturated heterocycles. The fourth-order valence-electron chi connectivity index (χ4n) is 1.83. The van der Waals surface area contributed by atoms with Gasteiger partial charge in [-0.05, 0) is 22.0 Å². The van der Waals surface area contributed by atoms with Crippen LogP contribution in [0.25, 0.3) is 0 Å². The van der Waals surface area contributed by atoms with E-state index in [1.165, 1.54) is 12.1 Å². The summed E-state index contributed by atoms with van der Waals surface area (Å²) >= 11 is 3.07. The van der Waals surface area contributed by atoms with Crippen LogP contribution >= 0.6 is 15.9 Å². The summed E-state index contributed by atoms with van der Waals surface area (Å²) in [6.45, 7) is 4.75. The molecular weight excluding hydrogens is 337 g/mol. The molecule has 0 fully saturated rings. The summed E-state index contributed by atoms with van der Waals surface area (Å²) in [5, 5.41) is 0. The molecule has 1 aromatic rings. The van der Waals surface area contributed by atoms with Crippen molar-refractivity contribution in [1.29, 1.82) is 0 Å². The number of hydrogen-bond acceptors (Lipinski definition) is 2. The SMILES string of the molecule is CN(C(=O)C(C)(C)C)[C@@H](c1ccc(Br)nc1)C(F)(F)F. The third-order valence-electron chi connectivity index (χ3n) is 2.73. The van der Waals surface area contributed by atoms with Crippen LogP contribution in [0.2, 0.25) is 0 Å². The smallest absolute Gasteiger partial charge is 0.329 e. The van der Waals surface area contributed by atoms with Crippen molar-refractivity contribution in [2.45, 2.75) is 33.0 Å². The second-order valence-electron chi connectivity index (χ2n) is 5.52. The second kappa shape index (κ2) is 5.71. The van der Waals surface area contributed by atoms with Gasteiger partial charge in [-0.1, -0.05) is 26.8 Å². The molecule has 112 valence electrons. The van der Waals surface area contributed by atoms with Crippen LogP contribution < -0.4 is 0 Å². The average Bonchev–Trinajstić information content (AvgIpc) is 2.28. The van der Waals surface area contributed by atoms with Gasteiger partial charge >= 0.3 is 6.18 Å². The Bertz CT molecular complexity index is 480. The predicted molar refractivity (Wildman–Crippen MR) is 73.0 cm³/mol. The number of carbonyl (C=O) groups excluding carboxylic acids is 1. The Morgan fingerprint density at radius 1 is 1.30 bits per heavy atom. The Morgan fingerprint density at radius 2 is 1.85 bits per heavy atom. The third kappa shape index (κ3) is 3.94. The van der Waals surface area contributed by atoms with Crippen LogP contribution in [0.1, 0.15) is 32.4 Å². The van der Waals surface area contributed by atoms with Crippen LogP contribution in [0, 0.1) is 5.41 Å². The zero-order chi connectivity index (χ0) is 15.7. The number of hydrogen-bond donors (Lipinski definition) is 0. The molecule has 0 aliphatic carbocycles. The van der Waals surface area contributed by atoms with Crippen molar-refractivity contribution >= 4 is 21.8 Å². The van der Waals surface area contributed by atoms with Gasteiger partial charge < -0.3 is 4.90 Å². The van der Waals surface area contributed by atoms with E-state index >= 15 is 0 Å². The molecule has 0 aliphatic heterocycles. The number of pyridine rings is 1. The first-order valence-corrected chi connectivity index (χ1v) is 6.69. The van der Waals surface area contributed by atoms with E-state index in [1.54, 1.807) is 20.8 Å². The van der Waals surface area contributed by atoms with Crippen molar-refractivity contribution in [2.24, 2.45) is 5.41 Å². The van der Waals surface area contributed by atoms with E-state index in [9.17, 15) is 18.0 Å². The highest BCUT2D eigenvalue weighted by Crippen LogP contribution is 2.38. The lowest BCUT2D eigenvalue weighted by Gasteiger charge is -2.34. The molecule has 20 heavy (non-hydrogen) atoms. The van der Waals surface area contributed by atoms with Gasteiger partial charge in [0.2, 0.25) is 5.91 Å². The molecule has 0 spiro atoms. The second-order valence-corrected chi connectivity index (χ2v) is 6.34. The van der Waals surface area contributed by atoms with E-state index in [4.69, 9.17) is 0 Å². The maximum atomic E-state index is 13.3. The normalized spacial score (nSPS) is 14.0. The van der Waals surface area contributed by atoms with Crippen molar-refractivity contribution in [2.75, 3.05) is 7.05 Å². The molecular formula is C13H16BrF3N2O. The number of amides is 1. The predicted octanol–water partition coefficient (Wildman–Crippen LogP) is 3.95. The number of alkyl halides is 3. The maximum Gasteiger partial charge on any atom is 0.413 e. The lowest BCUT2D eigenvalue weighted by Crippen LogP contribution is -2.44. The van der Waals surface area contributed by atoms with Gasteiger partial charge in [-0.3, -0.25) is 4.79 Å². The minimum Gasteiger partial charge on any atom is -0.329 e. The van der Waals surface area contributed by atoms with Gasteiger partial charge in [0, 0.05) is 24.2 Å². The van der Waals surface area contributed by atoms with Gasteiger partial charge in [0.25, 0.3) is 0 Å². The van der Waals surface area contributed by atoms with E-state index in [2.05, 4.69) is 20.9 Å². The van der Waals surface area contributed by atoms with Crippen LogP contribution in [0.5, 0.6) is 0 Å². The van der Waals surface area contributed by atoms with Crippen molar-refractivity contribution in [3.63, 3.8) is 0 Å². The van der Waals surface area contributed by atoms with E-state index in [-0.39, 0.29) is 5.56 Å². The summed E-state index contributed by atoms with van der Waals surface area (Å²) in [7, 11) is 1.16. The molecule has 1 amide bonds. The summed E-state index contributed by atoms with van der Waals surface area (Å²) in [5.41, 5.74) is -0.957. The highest BCUT2D eigenvalue weighted by atomic mass is 79.9. The first kappa shape index (κ1) is 16.9. The summed E-state index contributed by atoms with van der Waals surface area (Å²) in [4.78, 5) is 16.6. The van der Waals surface area contributed by atoms with Crippen LogP contribution in [0.15, 0.2) is 22.9 Å². The summed E-state index contributed by atoms with van der Waals surface area (Å²) in [6.07, 6.45) is -3.44. The number of aromatic nitrogens is 1. The van der Waals surface area contributed by atoms with Crippen LogP contribution in [0.3, 0.4) is 0 Å². The molecule has 0 radical (unpaired) electrons. The largest absolute Gasteiger partial charge is 0.413 e. The molecule has 3 nitrogen and oxygen atoms in total.